The fourth-order valence-corrected chi connectivity index (χ4v) is 1.20. The zero-order valence-corrected chi connectivity index (χ0v) is 10.2. The maximum Gasteiger partial charge on any atom is 0.155 e. The Morgan fingerprint density at radius 3 is 2.25 bits per heavy atom. The van der Waals surface area contributed by atoms with Crippen LogP contribution in [0, 0.1) is 6.92 Å². The highest BCUT2D eigenvalue weighted by Gasteiger charge is 2.01. The molecule has 88 valence electrons. The number of hydrogen-bond acceptors (Lipinski definition) is 4. The SMILES string of the molecule is Cc1n[nH]c(-c2ccc(NN)cc2)n1.Cl.Cl. The molecular weight excluding hydrogens is 249 g/mol. The normalized spacial score (nSPS) is 8.88. The molecule has 2 aromatic rings. The van der Waals surface area contributed by atoms with Gasteiger partial charge in [-0.2, -0.15) is 5.10 Å². The van der Waals surface area contributed by atoms with Crippen molar-refractivity contribution >= 4 is 30.5 Å². The van der Waals surface area contributed by atoms with E-state index in [0.717, 1.165) is 22.9 Å². The van der Waals surface area contributed by atoms with E-state index in [4.69, 9.17) is 5.84 Å². The summed E-state index contributed by atoms with van der Waals surface area (Å²) >= 11 is 0. The summed E-state index contributed by atoms with van der Waals surface area (Å²) in [6.45, 7) is 1.84. The van der Waals surface area contributed by atoms with Gasteiger partial charge in [0.2, 0.25) is 0 Å². The number of anilines is 1. The number of aryl methyl sites for hydroxylation is 1. The van der Waals surface area contributed by atoms with Gasteiger partial charge in [0.1, 0.15) is 5.82 Å². The molecule has 0 radical (unpaired) electrons. The molecule has 0 saturated carbocycles. The fraction of sp³-hybridized carbons (Fsp3) is 0.111. The minimum Gasteiger partial charge on any atom is -0.324 e. The third-order valence-corrected chi connectivity index (χ3v) is 1.92. The second kappa shape index (κ2) is 6.32. The van der Waals surface area contributed by atoms with Crippen molar-refractivity contribution in [3.63, 3.8) is 0 Å². The number of hydrogen-bond donors (Lipinski definition) is 3. The molecule has 1 aromatic heterocycles. The summed E-state index contributed by atoms with van der Waals surface area (Å²) in [5.41, 5.74) is 4.42. The maximum absolute atomic E-state index is 5.26. The Kier molecular flexibility index (Phi) is 5.81. The molecule has 1 aromatic carbocycles. The lowest BCUT2D eigenvalue weighted by Crippen LogP contribution is -2.05. The zero-order valence-electron chi connectivity index (χ0n) is 8.60. The van der Waals surface area contributed by atoms with Crippen molar-refractivity contribution in [1.82, 2.24) is 15.2 Å². The molecule has 0 atom stereocenters. The van der Waals surface area contributed by atoms with E-state index in [2.05, 4.69) is 20.6 Å². The number of hydrazine groups is 1. The van der Waals surface area contributed by atoms with Gasteiger partial charge in [0.15, 0.2) is 5.82 Å². The molecule has 1 heterocycles. The first-order valence-electron chi connectivity index (χ1n) is 4.25. The highest BCUT2D eigenvalue weighted by Crippen LogP contribution is 2.16. The molecule has 5 nitrogen and oxygen atoms in total. The molecule has 0 bridgehead atoms. The number of rotatable bonds is 2. The number of aromatic amines is 1. The Morgan fingerprint density at radius 2 is 1.81 bits per heavy atom. The summed E-state index contributed by atoms with van der Waals surface area (Å²) in [6, 6.07) is 7.62. The smallest absolute Gasteiger partial charge is 0.155 e. The van der Waals surface area contributed by atoms with Crippen LogP contribution in [0.5, 0.6) is 0 Å². The van der Waals surface area contributed by atoms with Crippen LogP contribution in [0.15, 0.2) is 24.3 Å². The van der Waals surface area contributed by atoms with Gasteiger partial charge in [0.05, 0.1) is 0 Å². The van der Waals surface area contributed by atoms with Crippen LogP contribution in [0.3, 0.4) is 0 Å². The number of nitrogens with two attached hydrogens (primary N) is 1. The van der Waals surface area contributed by atoms with Gasteiger partial charge in [-0.1, -0.05) is 0 Å². The topological polar surface area (TPSA) is 79.6 Å². The number of aromatic nitrogens is 3. The minimum atomic E-state index is 0. The summed E-state index contributed by atoms with van der Waals surface area (Å²) in [5.74, 6) is 6.76. The van der Waals surface area contributed by atoms with Crippen molar-refractivity contribution in [1.29, 1.82) is 0 Å². The van der Waals surface area contributed by atoms with E-state index < -0.39 is 0 Å². The number of nitrogens with zero attached hydrogens (tertiary/aromatic N) is 2. The molecule has 4 N–H and O–H groups in total. The molecule has 0 saturated heterocycles. The highest BCUT2D eigenvalue weighted by atomic mass is 35.5. The number of halogens is 2. The Balaban J connectivity index is 0.00000112. The number of nitrogen functional groups attached to an aromatic ring is 1. The van der Waals surface area contributed by atoms with E-state index in [1.807, 2.05) is 31.2 Å². The van der Waals surface area contributed by atoms with E-state index in [1.54, 1.807) is 0 Å². The average molecular weight is 262 g/mol. The van der Waals surface area contributed by atoms with Crippen LogP contribution >= 0.6 is 24.8 Å². The van der Waals surface area contributed by atoms with Crippen molar-refractivity contribution in [2.75, 3.05) is 5.43 Å². The van der Waals surface area contributed by atoms with E-state index >= 15 is 0 Å². The van der Waals surface area contributed by atoms with Crippen molar-refractivity contribution in [3.8, 4) is 11.4 Å². The van der Waals surface area contributed by atoms with Crippen molar-refractivity contribution in [3.05, 3.63) is 30.1 Å². The Morgan fingerprint density at radius 1 is 1.19 bits per heavy atom. The lowest BCUT2D eigenvalue weighted by atomic mass is 10.2. The number of nitrogens with one attached hydrogen (secondary N) is 2. The van der Waals surface area contributed by atoms with Crippen molar-refractivity contribution in [2.24, 2.45) is 5.84 Å². The molecule has 0 spiro atoms. The second-order valence-electron chi connectivity index (χ2n) is 2.95. The predicted molar refractivity (Wildman–Crippen MR) is 68.9 cm³/mol. The fourth-order valence-electron chi connectivity index (χ4n) is 1.20. The first-order valence-corrected chi connectivity index (χ1v) is 4.25. The Labute approximate surface area is 106 Å². The van der Waals surface area contributed by atoms with Crippen LogP contribution in [0.1, 0.15) is 5.82 Å². The standard InChI is InChI=1S/C9H11N5.2ClH/c1-6-11-9(14-13-6)7-2-4-8(12-10)5-3-7;;/h2-5,12H,10H2,1H3,(H,11,13,14);2*1H. The number of H-pyrrole nitrogens is 1. The third kappa shape index (κ3) is 3.10. The Bertz CT molecular complexity index is 426. The van der Waals surface area contributed by atoms with Crippen molar-refractivity contribution < 1.29 is 0 Å². The Hall–Kier alpha value is -1.30. The highest BCUT2D eigenvalue weighted by molar-refractivity contribution is 5.85. The molecule has 2 rings (SSSR count). The minimum absolute atomic E-state index is 0. The predicted octanol–water partition coefficient (Wildman–Crippen LogP) is 1.91. The average Bonchev–Trinajstić information content (AvgIpc) is 2.65. The molecular formula is C9H13Cl2N5. The molecule has 0 amide bonds. The number of benzene rings is 1. The van der Waals surface area contributed by atoms with Crippen LogP contribution in [0.2, 0.25) is 0 Å². The zero-order chi connectivity index (χ0) is 9.97. The summed E-state index contributed by atoms with van der Waals surface area (Å²) in [7, 11) is 0. The molecule has 7 heteroatoms. The summed E-state index contributed by atoms with van der Waals surface area (Å²) in [5, 5.41) is 6.81. The van der Waals surface area contributed by atoms with E-state index in [1.165, 1.54) is 0 Å². The van der Waals surface area contributed by atoms with Crippen LogP contribution in [-0.4, -0.2) is 15.2 Å². The summed E-state index contributed by atoms with van der Waals surface area (Å²) in [4.78, 5) is 4.22. The monoisotopic (exact) mass is 261 g/mol. The van der Waals surface area contributed by atoms with Gasteiger partial charge in [-0.25, -0.2) is 4.98 Å². The van der Waals surface area contributed by atoms with Crippen LogP contribution in [0.25, 0.3) is 11.4 Å². The van der Waals surface area contributed by atoms with Gasteiger partial charge in [-0.15, -0.1) is 24.8 Å². The largest absolute Gasteiger partial charge is 0.324 e. The first-order chi connectivity index (χ1) is 6.79. The molecule has 16 heavy (non-hydrogen) atoms. The molecule has 0 aliphatic carbocycles. The van der Waals surface area contributed by atoms with Gasteiger partial charge in [-0.3, -0.25) is 10.9 Å². The van der Waals surface area contributed by atoms with Gasteiger partial charge in [0, 0.05) is 11.3 Å². The molecule has 0 aliphatic heterocycles. The van der Waals surface area contributed by atoms with E-state index in [0.29, 0.717) is 0 Å². The lowest BCUT2D eigenvalue weighted by molar-refractivity contribution is 1.04. The lowest BCUT2D eigenvalue weighted by Gasteiger charge is -1.99. The summed E-state index contributed by atoms with van der Waals surface area (Å²) in [6.07, 6.45) is 0. The van der Waals surface area contributed by atoms with Crippen LogP contribution in [-0.2, 0) is 0 Å². The third-order valence-electron chi connectivity index (χ3n) is 1.92. The summed E-state index contributed by atoms with van der Waals surface area (Å²) < 4.78 is 0. The van der Waals surface area contributed by atoms with E-state index in [-0.39, 0.29) is 24.8 Å². The molecule has 0 unspecified atom stereocenters. The van der Waals surface area contributed by atoms with Crippen LogP contribution in [0.4, 0.5) is 5.69 Å². The second-order valence-corrected chi connectivity index (χ2v) is 2.95. The van der Waals surface area contributed by atoms with Gasteiger partial charge >= 0.3 is 0 Å². The van der Waals surface area contributed by atoms with Crippen LogP contribution < -0.4 is 11.3 Å². The van der Waals surface area contributed by atoms with Gasteiger partial charge < -0.3 is 5.43 Å². The van der Waals surface area contributed by atoms with Gasteiger partial charge in [-0.05, 0) is 31.2 Å². The van der Waals surface area contributed by atoms with Crippen molar-refractivity contribution in [2.45, 2.75) is 6.92 Å². The molecule has 0 aliphatic rings. The maximum atomic E-state index is 5.26. The molecule has 0 fully saturated rings. The van der Waals surface area contributed by atoms with Gasteiger partial charge in [0.25, 0.3) is 0 Å². The first kappa shape index (κ1) is 14.7. The van der Waals surface area contributed by atoms with E-state index in [9.17, 15) is 0 Å². The quantitative estimate of drug-likeness (QED) is 0.570.